The third kappa shape index (κ3) is 3.95. The molecule has 3 heterocycles. The SMILES string of the molecule is CC1CC1C(=O)Nc1ccc(Sc2cc3nccn3c(Nc3cc(C4CC4)[nH]n3)n2)cc1. The molecule has 0 bridgehead atoms. The largest absolute Gasteiger partial charge is 0.326 e. The molecular formula is C23H23N7OS. The second-order valence-corrected chi connectivity index (χ2v) is 9.71. The first-order chi connectivity index (χ1) is 15.6. The fraction of sp³-hybridized carbons (Fsp3) is 0.304. The number of nitrogens with zero attached hydrogens (tertiary/aromatic N) is 4. The van der Waals surface area contributed by atoms with Gasteiger partial charge in [-0.05, 0) is 49.4 Å². The molecule has 2 aliphatic carbocycles. The molecule has 3 aromatic heterocycles. The van der Waals surface area contributed by atoms with Crippen molar-refractivity contribution < 1.29 is 4.79 Å². The van der Waals surface area contributed by atoms with Gasteiger partial charge in [-0.15, -0.1) is 0 Å². The summed E-state index contributed by atoms with van der Waals surface area (Å²) in [5.41, 5.74) is 2.80. The van der Waals surface area contributed by atoms with Gasteiger partial charge in [0.25, 0.3) is 0 Å². The van der Waals surface area contributed by atoms with Gasteiger partial charge in [-0.1, -0.05) is 18.7 Å². The maximum Gasteiger partial charge on any atom is 0.227 e. The molecule has 2 fully saturated rings. The maximum atomic E-state index is 12.1. The van der Waals surface area contributed by atoms with Gasteiger partial charge in [0.1, 0.15) is 10.7 Å². The van der Waals surface area contributed by atoms with E-state index in [1.807, 2.05) is 40.9 Å². The minimum absolute atomic E-state index is 0.114. The Balaban J connectivity index is 1.19. The summed E-state index contributed by atoms with van der Waals surface area (Å²) in [7, 11) is 0. The first kappa shape index (κ1) is 19.4. The summed E-state index contributed by atoms with van der Waals surface area (Å²) in [5.74, 6) is 2.80. The van der Waals surface area contributed by atoms with Gasteiger partial charge in [0, 0.05) is 52.6 Å². The lowest BCUT2D eigenvalue weighted by atomic mass is 10.3. The number of hydrogen-bond acceptors (Lipinski definition) is 6. The second-order valence-electron chi connectivity index (χ2n) is 8.62. The molecular weight excluding hydrogens is 422 g/mol. The van der Waals surface area contributed by atoms with E-state index in [0.29, 0.717) is 17.8 Å². The van der Waals surface area contributed by atoms with Gasteiger partial charge in [-0.25, -0.2) is 9.97 Å². The van der Waals surface area contributed by atoms with Crippen LogP contribution in [-0.4, -0.2) is 30.5 Å². The number of carbonyl (C=O) groups is 1. The van der Waals surface area contributed by atoms with Crippen molar-refractivity contribution in [3.8, 4) is 0 Å². The highest BCUT2D eigenvalue weighted by Gasteiger charge is 2.39. The van der Waals surface area contributed by atoms with Crippen molar-refractivity contribution in [3.05, 3.63) is 54.5 Å². The van der Waals surface area contributed by atoms with Crippen LogP contribution >= 0.6 is 11.8 Å². The fourth-order valence-electron chi connectivity index (χ4n) is 3.81. The Morgan fingerprint density at radius 1 is 1.22 bits per heavy atom. The van der Waals surface area contributed by atoms with E-state index in [1.54, 1.807) is 18.0 Å². The van der Waals surface area contributed by atoms with Crippen LogP contribution in [0.25, 0.3) is 5.65 Å². The maximum absolute atomic E-state index is 12.1. The molecule has 0 saturated heterocycles. The Bertz CT molecular complexity index is 1290. The number of nitrogens with one attached hydrogen (secondary N) is 3. The highest BCUT2D eigenvalue weighted by Crippen LogP contribution is 2.40. The third-order valence-electron chi connectivity index (χ3n) is 6.01. The van der Waals surface area contributed by atoms with E-state index in [-0.39, 0.29) is 11.8 Å². The second kappa shape index (κ2) is 7.67. The predicted octanol–water partition coefficient (Wildman–Crippen LogP) is 4.82. The highest BCUT2D eigenvalue weighted by molar-refractivity contribution is 7.99. The monoisotopic (exact) mass is 445 g/mol. The summed E-state index contributed by atoms with van der Waals surface area (Å²) < 4.78 is 1.91. The lowest BCUT2D eigenvalue weighted by molar-refractivity contribution is -0.117. The van der Waals surface area contributed by atoms with Crippen LogP contribution in [0.3, 0.4) is 0 Å². The minimum Gasteiger partial charge on any atom is -0.326 e. The van der Waals surface area contributed by atoms with Crippen LogP contribution < -0.4 is 10.6 Å². The number of aromatic amines is 1. The Morgan fingerprint density at radius 3 is 2.78 bits per heavy atom. The topological polar surface area (TPSA) is 100 Å². The van der Waals surface area contributed by atoms with E-state index in [0.717, 1.165) is 33.5 Å². The zero-order chi connectivity index (χ0) is 21.7. The van der Waals surface area contributed by atoms with E-state index in [2.05, 4.69) is 38.8 Å². The number of fused-ring (bicyclic) bond motifs is 1. The lowest BCUT2D eigenvalue weighted by Gasteiger charge is -2.09. The molecule has 32 heavy (non-hydrogen) atoms. The van der Waals surface area contributed by atoms with Crippen molar-refractivity contribution in [2.45, 2.75) is 42.0 Å². The van der Waals surface area contributed by atoms with Crippen LogP contribution in [0.5, 0.6) is 0 Å². The summed E-state index contributed by atoms with van der Waals surface area (Å²) in [5, 5.41) is 14.6. The highest BCUT2D eigenvalue weighted by atomic mass is 32.2. The molecule has 0 aliphatic heterocycles. The van der Waals surface area contributed by atoms with Crippen molar-refractivity contribution in [1.29, 1.82) is 0 Å². The van der Waals surface area contributed by atoms with Crippen molar-refractivity contribution in [1.82, 2.24) is 24.6 Å². The Labute approximate surface area is 189 Å². The van der Waals surface area contributed by atoms with Crippen LogP contribution in [0.15, 0.2) is 58.7 Å². The van der Waals surface area contributed by atoms with E-state index in [9.17, 15) is 4.79 Å². The van der Waals surface area contributed by atoms with E-state index >= 15 is 0 Å². The molecule has 2 aliphatic rings. The normalized spacial score (nSPS) is 19.8. The number of rotatable bonds is 7. The summed E-state index contributed by atoms with van der Waals surface area (Å²) in [6.07, 6.45) is 7.07. The molecule has 8 nitrogen and oxygen atoms in total. The zero-order valence-corrected chi connectivity index (χ0v) is 18.4. The van der Waals surface area contributed by atoms with Crippen molar-refractivity contribution in [2.75, 3.05) is 10.6 Å². The molecule has 0 spiro atoms. The summed E-state index contributed by atoms with van der Waals surface area (Å²) in [4.78, 5) is 22.4. The Kier molecular flexibility index (Phi) is 4.64. The van der Waals surface area contributed by atoms with Crippen LogP contribution in [0.4, 0.5) is 17.5 Å². The van der Waals surface area contributed by atoms with Gasteiger partial charge in [0.05, 0.1) is 0 Å². The van der Waals surface area contributed by atoms with E-state index in [1.165, 1.54) is 18.5 Å². The Hall–Kier alpha value is -3.33. The lowest BCUT2D eigenvalue weighted by Crippen LogP contribution is -2.14. The average molecular weight is 446 g/mol. The van der Waals surface area contributed by atoms with Crippen molar-refractivity contribution in [3.63, 3.8) is 0 Å². The summed E-state index contributed by atoms with van der Waals surface area (Å²) in [6, 6.07) is 11.9. The molecule has 2 atom stereocenters. The number of imidazole rings is 1. The van der Waals surface area contributed by atoms with Gasteiger partial charge >= 0.3 is 0 Å². The number of carbonyl (C=O) groups excluding carboxylic acids is 1. The Morgan fingerprint density at radius 2 is 2.03 bits per heavy atom. The molecule has 2 saturated carbocycles. The van der Waals surface area contributed by atoms with Gasteiger partial charge in [-0.2, -0.15) is 5.10 Å². The smallest absolute Gasteiger partial charge is 0.227 e. The number of H-pyrrole nitrogens is 1. The number of anilines is 3. The van der Waals surface area contributed by atoms with Crippen molar-refractivity contribution in [2.24, 2.45) is 11.8 Å². The number of amides is 1. The molecule has 2 unspecified atom stereocenters. The predicted molar refractivity (Wildman–Crippen MR) is 123 cm³/mol. The molecule has 9 heteroatoms. The molecule has 0 radical (unpaired) electrons. The first-order valence-corrected chi connectivity index (χ1v) is 11.7. The van der Waals surface area contributed by atoms with Gasteiger partial charge in [-0.3, -0.25) is 14.3 Å². The average Bonchev–Trinajstić information content (AvgIpc) is 3.66. The van der Waals surface area contributed by atoms with Gasteiger partial charge in [0.15, 0.2) is 5.82 Å². The van der Waals surface area contributed by atoms with Crippen LogP contribution in [0.2, 0.25) is 0 Å². The van der Waals surface area contributed by atoms with Crippen LogP contribution in [0, 0.1) is 11.8 Å². The molecule has 6 rings (SSSR count). The van der Waals surface area contributed by atoms with Gasteiger partial charge < -0.3 is 10.6 Å². The van der Waals surface area contributed by atoms with E-state index in [4.69, 9.17) is 4.98 Å². The fourth-order valence-corrected chi connectivity index (χ4v) is 4.62. The van der Waals surface area contributed by atoms with Crippen molar-refractivity contribution >= 4 is 40.8 Å². The minimum atomic E-state index is 0.114. The molecule has 1 amide bonds. The summed E-state index contributed by atoms with van der Waals surface area (Å²) >= 11 is 1.55. The zero-order valence-electron chi connectivity index (χ0n) is 17.6. The quantitative estimate of drug-likeness (QED) is 0.353. The number of hydrogen-bond donors (Lipinski definition) is 3. The molecule has 162 valence electrons. The summed E-state index contributed by atoms with van der Waals surface area (Å²) in [6.45, 7) is 2.11. The van der Waals surface area contributed by atoms with Crippen LogP contribution in [0.1, 0.15) is 37.8 Å². The van der Waals surface area contributed by atoms with Gasteiger partial charge in [0.2, 0.25) is 11.9 Å². The van der Waals surface area contributed by atoms with E-state index < -0.39 is 0 Å². The third-order valence-corrected chi connectivity index (χ3v) is 6.94. The standard InChI is InChI=1S/C23H23N7OS/c1-13-10-17(13)22(31)25-15-4-6-16(7-5-15)32-21-12-20-24-8-9-30(20)23(27-21)26-19-11-18(28-29-19)14-2-3-14/h4-9,11-14,17H,2-3,10H2,1H3,(H,25,31)(H2,26,27,28,29). The first-order valence-electron chi connectivity index (χ1n) is 10.9. The molecule has 4 aromatic rings. The molecule has 1 aromatic carbocycles. The number of benzene rings is 1. The molecule has 3 N–H and O–H groups in total. The van der Waals surface area contributed by atoms with Crippen LogP contribution in [-0.2, 0) is 4.79 Å². The number of aromatic nitrogens is 5.